The highest BCUT2D eigenvalue weighted by Gasteiger charge is 2.33. The fraction of sp³-hybridized carbons (Fsp3) is 0.684. The molecule has 1 aromatic rings. The van der Waals surface area contributed by atoms with Crippen molar-refractivity contribution in [2.75, 3.05) is 44.7 Å². The summed E-state index contributed by atoms with van der Waals surface area (Å²) in [6.45, 7) is 10.6. The highest BCUT2D eigenvalue weighted by Crippen LogP contribution is 2.33. The van der Waals surface area contributed by atoms with Crippen LogP contribution in [0.2, 0.25) is 0 Å². The van der Waals surface area contributed by atoms with Gasteiger partial charge < -0.3 is 19.4 Å². The van der Waals surface area contributed by atoms with Crippen LogP contribution < -0.4 is 4.90 Å². The van der Waals surface area contributed by atoms with Crippen molar-refractivity contribution in [3.05, 3.63) is 23.9 Å². The number of carbonyl (C=O) groups excluding carboxylic acids is 1. The Kier molecular flexibility index (Phi) is 5.18. The van der Waals surface area contributed by atoms with Gasteiger partial charge in [-0.15, -0.1) is 0 Å². The molecule has 6 nitrogen and oxygen atoms in total. The van der Waals surface area contributed by atoms with E-state index in [1.807, 2.05) is 31.9 Å². The number of piperazine rings is 1. The fourth-order valence-corrected chi connectivity index (χ4v) is 3.47. The SMILES string of the molecule is CN1CCN(c2ccc(C3CCCN3C(=O)OC(C)(C)C)cn2)CC1. The molecule has 0 N–H and O–H groups in total. The molecule has 6 heteroatoms. The summed E-state index contributed by atoms with van der Waals surface area (Å²) in [5.74, 6) is 1.03. The Morgan fingerprint density at radius 3 is 2.48 bits per heavy atom. The van der Waals surface area contributed by atoms with Crippen LogP contribution in [0.4, 0.5) is 10.6 Å². The average molecular weight is 346 g/mol. The Labute approximate surface area is 150 Å². The first-order valence-corrected chi connectivity index (χ1v) is 9.22. The third-order valence-electron chi connectivity index (χ3n) is 4.86. The summed E-state index contributed by atoms with van der Waals surface area (Å²) in [5, 5.41) is 0. The zero-order chi connectivity index (χ0) is 18.0. The lowest BCUT2D eigenvalue weighted by atomic mass is 10.1. The topological polar surface area (TPSA) is 48.9 Å². The van der Waals surface area contributed by atoms with Gasteiger partial charge in [0.2, 0.25) is 0 Å². The van der Waals surface area contributed by atoms with Crippen LogP contribution in [0.15, 0.2) is 18.3 Å². The van der Waals surface area contributed by atoms with Crippen LogP contribution in [0.25, 0.3) is 0 Å². The van der Waals surface area contributed by atoms with Crippen LogP contribution in [0.5, 0.6) is 0 Å². The zero-order valence-corrected chi connectivity index (χ0v) is 15.9. The molecule has 0 aliphatic carbocycles. The fourth-order valence-electron chi connectivity index (χ4n) is 3.47. The maximum Gasteiger partial charge on any atom is 0.410 e. The minimum atomic E-state index is -0.465. The number of likely N-dealkylation sites (tertiary alicyclic amines) is 1. The van der Waals surface area contributed by atoms with Crippen molar-refractivity contribution in [1.82, 2.24) is 14.8 Å². The van der Waals surface area contributed by atoms with Crippen molar-refractivity contribution in [1.29, 1.82) is 0 Å². The average Bonchev–Trinajstić information content (AvgIpc) is 3.04. The molecular weight excluding hydrogens is 316 g/mol. The molecule has 0 saturated carbocycles. The van der Waals surface area contributed by atoms with Gasteiger partial charge in [-0.3, -0.25) is 0 Å². The molecule has 1 aromatic heterocycles. The Hall–Kier alpha value is -1.82. The van der Waals surface area contributed by atoms with Crippen molar-refractivity contribution in [3.63, 3.8) is 0 Å². The number of amides is 1. The molecule has 1 unspecified atom stereocenters. The molecule has 2 saturated heterocycles. The lowest BCUT2D eigenvalue weighted by Gasteiger charge is -2.33. The van der Waals surface area contributed by atoms with Gasteiger partial charge in [0, 0.05) is 38.9 Å². The summed E-state index contributed by atoms with van der Waals surface area (Å²) in [4.78, 5) is 23.6. The molecule has 3 heterocycles. The van der Waals surface area contributed by atoms with Gasteiger partial charge in [-0.05, 0) is 52.3 Å². The van der Waals surface area contributed by atoms with Gasteiger partial charge in [-0.2, -0.15) is 0 Å². The van der Waals surface area contributed by atoms with Crippen molar-refractivity contribution >= 4 is 11.9 Å². The van der Waals surface area contributed by atoms with Crippen molar-refractivity contribution in [3.8, 4) is 0 Å². The Bertz CT molecular complexity index is 588. The van der Waals surface area contributed by atoms with Gasteiger partial charge in [0.05, 0.1) is 6.04 Å². The molecule has 1 amide bonds. The van der Waals surface area contributed by atoms with Gasteiger partial charge in [-0.1, -0.05) is 6.07 Å². The Morgan fingerprint density at radius 1 is 1.16 bits per heavy atom. The van der Waals surface area contributed by atoms with Gasteiger partial charge in [0.25, 0.3) is 0 Å². The van der Waals surface area contributed by atoms with Crippen LogP contribution in [-0.4, -0.2) is 66.2 Å². The number of rotatable bonds is 2. The monoisotopic (exact) mass is 346 g/mol. The molecule has 1 atom stereocenters. The molecular formula is C19H30N4O2. The van der Waals surface area contributed by atoms with E-state index < -0.39 is 5.60 Å². The smallest absolute Gasteiger partial charge is 0.410 e. The predicted molar refractivity (Wildman–Crippen MR) is 98.9 cm³/mol. The normalized spacial score (nSPS) is 22.3. The lowest BCUT2D eigenvalue weighted by molar-refractivity contribution is 0.0224. The molecule has 0 aromatic carbocycles. The molecule has 2 fully saturated rings. The van der Waals surface area contributed by atoms with Gasteiger partial charge in [0.1, 0.15) is 11.4 Å². The van der Waals surface area contributed by atoms with Crippen LogP contribution in [-0.2, 0) is 4.74 Å². The number of hydrogen-bond acceptors (Lipinski definition) is 5. The van der Waals surface area contributed by atoms with E-state index in [1.54, 1.807) is 0 Å². The van der Waals surface area contributed by atoms with E-state index >= 15 is 0 Å². The number of anilines is 1. The molecule has 3 rings (SSSR count). The summed E-state index contributed by atoms with van der Waals surface area (Å²) in [5.41, 5.74) is 0.634. The number of pyridine rings is 1. The number of likely N-dealkylation sites (N-methyl/N-ethyl adjacent to an activating group) is 1. The molecule has 2 aliphatic rings. The molecule has 138 valence electrons. The molecule has 0 bridgehead atoms. The van der Waals surface area contributed by atoms with Crippen molar-refractivity contribution < 1.29 is 9.53 Å². The number of nitrogens with zero attached hydrogens (tertiary/aromatic N) is 4. The second-order valence-corrected chi connectivity index (χ2v) is 8.07. The van der Waals surface area contributed by atoms with Gasteiger partial charge in [-0.25, -0.2) is 9.78 Å². The molecule has 2 aliphatic heterocycles. The second kappa shape index (κ2) is 7.20. The zero-order valence-electron chi connectivity index (χ0n) is 15.9. The van der Waals surface area contributed by atoms with E-state index in [9.17, 15) is 4.79 Å². The number of carbonyl (C=O) groups is 1. The first-order chi connectivity index (χ1) is 11.8. The van der Waals surface area contributed by atoms with Gasteiger partial charge >= 0.3 is 6.09 Å². The van der Waals surface area contributed by atoms with E-state index in [2.05, 4.69) is 34.0 Å². The molecule has 0 radical (unpaired) electrons. The Balaban J connectivity index is 1.67. The maximum atomic E-state index is 12.5. The van der Waals surface area contributed by atoms with E-state index in [0.29, 0.717) is 0 Å². The lowest BCUT2D eigenvalue weighted by Crippen LogP contribution is -2.44. The molecule has 25 heavy (non-hydrogen) atoms. The quantitative estimate of drug-likeness (QED) is 0.824. The summed E-state index contributed by atoms with van der Waals surface area (Å²) in [6, 6.07) is 4.28. The summed E-state index contributed by atoms with van der Waals surface area (Å²) >= 11 is 0. The number of hydrogen-bond donors (Lipinski definition) is 0. The van der Waals surface area contributed by atoms with Crippen LogP contribution >= 0.6 is 0 Å². The minimum Gasteiger partial charge on any atom is -0.444 e. The van der Waals surface area contributed by atoms with Crippen LogP contribution in [0.3, 0.4) is 0 Å². The first-order valence-electron chi connectivity index (χ1n) is 9.22. The van der Waals surface area contributed by atoms with Crippen LogP contribution in [0.1, 0.15) is 45.2 Å². The van der Waals surface area contributed by atoms with E-state index in [-0.39, 0.29) is 12.1 Å². The number of aromatic nitrogens is 1. The second-order valence-electron chi connectivity index (χ2n) is 8.07. The van der Waals surface area contributed by atoms with Crippen LogP contribution in [0, 0.1) is 0 Å². The highest BCUT2D eigenvalue weighted by molar-refractivity contribution is 5.69. The highest BCUT2D eigenvalue weighted by atomic mass is 16.6. The number of ether oxygens (including phenoxy) is 1. The van der Waals surface area contributed by atoms with E-state index in [4.69, 9.17) is 4.74 Å². The largest absolute Gasteiger partial charge is 0.444 e. The summed E-state index contributed by atoms with van der Waals surface area (Å²) in [6.07, 6.45) is 3.68. The third kappa shape index (κ3) is 4.42. The van der Waals surface area contributed by atoms with Crippen molar-refractivity contribution in [2.24, 2.45) is 0 Å². The first kappa shape index (κ1) is 18.0. The predicted octanol–water partition coefficient (Wildman–Crippen LogP) is 2.91. The minimum absolute atomic E-state index is 0.0730. The Morgan fingerprint density at radius 2 is 1.88 bits per heavy atom. The molecule has 0 spiro atoms. The standard InChI is InChI=1S/C19H30N4O2/c1-19(2,3)25-18(24)23-9-5-6-16(23)15-7-8-17(20-14-15)22-12-10-21(4)11-13-22/h7-8,14,16H,5-6,9-13H2,1-4H3. The summed E-state index contributed by atoms with van der Waals surface area (Å²) < 4.78 is 5.56. The summed E-state index contributed by atoms with van der Waals surface area (Å²) in [7, 11) is 2.15. The maximum absolute atomic E-state index is 12.5. The van der Waals surface area contributed by atoms with Crippen molar-refractivity contribution in [2.45, 2.75) is 45.3 Å². The van der Waals surface area contributed by atoms with Gasteiger partial charge in [0.15, 0.2) is 0 Å². The van der Waals surface area contributed by atoms with E-state index in [0.717, 1.165) is 56.9 Å². The third-order valence-corrected chi connectivity index (χ3v) is 4.86. The van der Waals surface area contributed by atoms with E-state index in [1.165, 1.54) is 0 Å².